The molecule has 1 atom stereocenters. The zero-order valence-corrected chi connectivity index (χ0v) is 24.9. The Hall–Kier alpha value is -4.04. The van der Waals surface area contributed by atoms with Crippen molar-refractivity contribution < 1.29 is 35.2 Å². The average Bonchev–Trinajstić information content (AvgIpc) is 3.55. The number of benzene rings is 1. The molecule has 6 rings (SSSR count). The predicted molar refractivity (Wildman–Crippen MR) is 157 cm³/mol. The molecule has 0 aliphatic carbocycles. The molecule has 1 fully saturated rings. The molecule has 5 heterocycles. The highest BCUT2D eigenvalue weighted by Gasteiger charge is 2.36. The fraction of sp³-hybridized carbons (Fsp3) is 0.400. The fourth-order valence-corrected chi connectivity index (χ4v) is 6.76. The number of halogens is 3. The van der Waals surface area contributed by atoms with Gasteiger partial charge in [-0.25, -0.2) is 26.3 Å². The van der Waals surface area contributed by atoms with Crippen LogP contribution in [0.2, 0.25) is 0 Å². The van der Waals surface area contributed by atoms with Crippen molar-refractivity contribution in [2.24, 2.45) is 13.0 Å². The van der Waals surface area contributed by atoms with E-state index in [0.717, 1.165) is 6.26 Å². The Labute approximate surface area is 256 Å². The van der Waals surface area contributed by atoms with Crippen molar-refractivity contribution in [3.8, 4) is 17.0 Å². The first kappa shape index (κ1) is 26.4. The highest BCUT2D eigenvalue weighted by molar-refractivity contribution is 7.91. The van der Waals surface area contributed by atoms with E-state index in [1.54, 1.807) is 10.6 Å². The Balaban J connectivity index is 1.79. The lowest BCUT2D eigenvalue weighted by Crippen LogP contribution is -2.28. The van der Waals surface area contributed by atoms with Crippen LogP contribution in [0.5, 0.6) is 5.75 Å². The summed E-state index contributed by atoms with van der Waals surface area (Å²) in [6.07, 6.45) is 4.75. The van der Waals surface area contributed by atoms with Gasteiger partial charge in [-0.15, -0.1) is 5.10 Å². The quantitative estimate of drug-likeness (QED) is 0.227. The van der Waals surface area contributed by atoms with Gasteiger partial charge in [0.05, 0.1) is 50.0 Å². The predicted octanol–water partition coefficient (Wildman–Crippen LogP) is 5.28. The van der Waals surface area contributed by atoms with Crippen LogP contribution in [-0.2, 0) is 21.6 Å². The van der Waals surface area contributed by atoms with Crippen LogP contribution in [0.3, 0.4) is 0 Å². The van der Waals surface area contributed by atoms with Gasteiger partial charge >= 0.3 is 0 Å². The molecule has 14 heteroatoms. The summed E-state index contributed by atoms with van der Waals surface area (Å²) in [7, 11) is -2.47. The Morgan fingerprint density at radius 2 is 2.00 bits per heavy atom. The molecule has 0 bridgehead atoms. The van der Waals surface area contributed by atoms with E-state index in [0.29, 0.717) is 33.0 Å². The maximum Gasteiger partial charge on any atom is 0.278 e. The molecular weight excluding hydrogens is 597 g/mol. The van der Waals surface area contributed by atoms with Crippen LogP contribution in [-0.4, -0.2) is 69.9 Å². The van der Waals surface area contributed by atoms with Crippen LogP contribution in [0.15, 0.2) is 47.6 Å². The van der Waals surface area contributed by atoms with Crippen molar-refractivity contribution in [1.82, 2.24) is 29.5 Å². The third kappa shape index (κ3) is 5.40. The third-order valence-electron chi connectivity index (χ3n) is 7.75. The van der Waals surface area contributed by atoms with Gasteiger partial charge in [0.1, 0.15) is 11.6 Å². The molecule has 1 aliphatic heterocycles. The molecule has 44 heavy (non-hydrogen) atoms. The number of pyridine rings is 2. The molecule has 0 N–H and O–H groups in total. The number of rotatable bonds is 8. The molecule has 1 aliphatic rings. The molecular formula is C30H31F3N6O4S. The topological polar surface area (TPSA) is 114 Å². The van der Waals surface area contributed by atoms with Gasteiger partial charge in [0.2, 0.25) is 0 Å². The number of fused-ring (bicyclic) bond motifs is 3. The van der Waals surface area contributed by atoms with Gasteiger partial charge in [0.25, 0.3) is 5.92 Å². The first-order chi connectivity index (χ1) is 22.1. The third-order valence-corrected chi connectivity index (χ3v) is 8.87. The Kier molecular flexibility index (Phi) is 6.68. The van der Waals surface area contributed by atoms with Crippen LogP contribution < -0.4 is 4.74 Å². The molecule has 5 aromatic rings. The second kappa shape index (κ2) is 11.1. The number of aromatic nitrogens is 6. The van der Waals surface area contributed by atoms with Crippen LogP contribution in [0.4, 0.5) is 13.2 Å². The molecule has 10 nitrogen and oxygen atoms in total. The second-order valence-electron chi connectivity index (χ2n) is 11.1. The molecule has 0 amide bonds. The molecule has 1 aromatic carbocycles. The van der Waals surface area contributed by atoms with Crippen LogP contribution in [0.1, 0.15) is 41.3 Å². The van der Waals surface area contributed by atoms with Crippen molar-refractivity contribution in [3.05, 3.63) is 59.9 Å². The Morgan fingerprint density at radius 3 is 2.68 bits per heavy atom. The number of sulfone groups is 1. The van der Waals surface area contributed by atoms with E-state index in [4.69, 9.17) is 13.6 Å². The minimum absolute atomic E-state index is 0.0276. The summed E-state index contributed by atoms with van der Waals surface area (Å²) >= 11 is 0. The van der Waals surface area contributed by atoms with Crippen LogP contribution >= 0.6 is 0 Å². The van der Waals surface area contributed by atoms with E-state index in [1.807, 2.05) is 0 Å². The summed E-state index contributed by atoms with van der Waals surface area (Å²) < 4.78 is 109. The first-order valence-electron chi connectivity index (χ1n) is 15.3. The smallest absolute Gasteiger partial charge is 0.278 e. The number of hydrogen-bond acceptors (Lipinski definition) is 8. The standard InChI is InChI=1S/C30H31F3N6O4S/c1-17-27(38(3)37-36-17)19-14-21-26(35-15-19)24-22(43-16-30(2,32)33)7-8-23(44(4,40)41)29(24)39(21)28(18-9-12-42-13-10-18)25-20(31)6-5-11-34-25/h5-8,11,14-15,18,28H,9-10,12-13,16H2,1-4H3/i1D3. The zero-order chi connectivity index (χ0) is 33.9. The largest absolute Gasteiger partial charge is 0.487 e. The molecule has 4 aromatic heterocycles. The Morgan fingerprint density at radius 1 is 1.23 bits per heavy atom. The highest BCUT2D eigenvalue weighted by atomic mass is 32.2. The van der Waals surface area contributed by atoms with Crippen molar-refractivity contribution in [3.63, 3.8) is 0 Å². The summed E-state index contributed by atoms with van der Waals surface area (Å²) in [6, 6.07) is 5.93. The van der Waals surface area contributed by atoms with Crippen LogP contribution in [0.25, 0.3) is 33.2 Å². The zero-order valence-electron chi connectivity index (χ0n) is 27.1. The van der Waals surface area contributed by atoms with Crippen molar-refractivity contribution in [1.29, 1.82) is 0 Å². The molecule has 1 unspecified atom stereocenters. The average molecular weight is 632 g/mol. The number of ether oxygens (including phenoxy) is 2. The normalized spacial score (nSPS) is 17.0. The summed E-state index contributed by atoms with van der Waals surface area (Å²) in [4.78, 5) is 8.89. The SMILES string of the molecule is [2H]C([2H])([2H])c1nnn(C)c1-c1cnc2c3c(OCC(C)(F)F)ccc(S(C)(=O)=O)c3n(C(c3ncccc3F)C3CCOCC3)c2c1. The molecule has 0 saturated carbocycles. The van der Waals surface area contributed by atoms with Crippen molar-refractivity contribution in [2.75, 3.05) is 26.1 Å². The van der Waals surface area contributed by atoms with E-state index in [-0.39, 0.29) is 61.1 Å². The van der Waals surface area contributed by atoms with Crippen LogP contribution in [0, 0.1) is 18.6 Å². The lowest BCUT2D eigenvalue weighted by molar-refractivity contribution is -0.0225. The minimum atomic E-state index is -3.99. The van der Waals surface area contributed by atoms with Gasteiger partial charge < -0.3 is 14.0 Å². The lowest BCUT2D eigenvalue weighted by atomic mass is 9.88. The van der Waals surface area contributed by atoms with Gasteiger partial charge in [-0.1, -0.05) is 5.21 Å². The van der Waals surface area contributed by atoms with E-state index in [2.05, 4.69) is 20.3 Å². The lowest BCUT2D eigenvalue weighted by Gasteiger charge is -2.32. The number of alkyl halides is 2. The summed E-state index contributed by atoms with van der Waals surface area (Å²) in [5.41, 5.74) is 0.643. The van der Waals surface area contributed by atoms with Gasteiger partial charge in [-0.05, 0) is 55.9 Å². The first-order valence-corrected chi connectivity index (χ1v) is 15.7. The maximum absolute atomic E-state index is 15.8. The molecule has 1 saturated heterocycles. The van der Waals surface area contributed by atoms with Gasteiger partial charge in [0, 0.05) is 55.5 Å². The number of hydrogen-bond donors (Lipinski definition) is 0. The summed E-state index contributed by atoms with van der Waals surface area (Å²) in [5.74, 6) is -4.23. The fourth-order valence-electron chi connectivity index (χ4n) is 5.90. The molecule has 0 radical (unpaired) electrons. The van der Waals surface area contributed by atoms with Gasteiger partial charge in [-0.3, -0.25) is 9.97 Å². The van der Waals surface area contributed by atoms with E-state index in [9.17, 15) is 17.2 Å². The Bertz CT molecular complexity index is 2090. The van der Waals surface area contributed by atoms with Gasteiger partial charge in [0.15, 0.2) is 16.4 Å². The van der Waals surface area contributed by atoms with Crippen molar-refractivity contribution in [2.45, 2.75) is 43.5 Å². The van der Waals surface area contributed by atoms with Crippen molar-refractivity contribution >= 4 is 31.8 Å². The van der Waals surface area contributed by atoms with Gasteiger partial charge in [-0.2, -0.15) is 0 Å². The van der Waals surface area contributed by atoms with E-state index in [1.165, 1.54) is 48.4 Å². The number of aryl methyl sites for hydroxylation is 2. The number of nitrogens with zero attached hydrogens (tertiary/aromatic N) is 6. The van der Waals surface area contributed by atoms with E-state index >= 15 is 4.39 Å². The maximum atomic E-state index is 15.8. The summed E-state index contributed by atoms with van der Waals surface area (Å²) in [6.45, 7) is -2.23. The van der Waals surface area contributed by atoms with E-state index < -0.39 is 41.1 Å². The second-order valence-corrected chi connectivity index (χ2v) is 13.0. The monoisotopic (exact) mass is 631 g/mol. The summed E-state index contributed by atoms with van der Waals surface area (Å²) in [5, 5.41) is 7.88. The highest BCUT2D eigenvalue weighted by Crippen LogP contribution is 2.45. The molecule has 232 valence electrons. The minimum Gasteiger partial charge on any atom is -0.487 e. The molecule has 0 spiro atoms.